The van der Waals surface area contributed by atoms with E-state index in [0.717, 1.165) is 26.1 Å². The van der Waals surface area contributed by atoms with Gasteiger partial charge in [-0.25, -0.2) is 0 Å². The predicted molar refractivity (Wildman–Crippen MR) is 139 cm³/mol. The third-order valence-corrected chi connectivity index (χ3v) is 7.64. The zero-order chi connectivity index (χ0) is 22.1. The van der Waals surface area contributed by atoms with Gasteiger partial charge in [-0.2, -0.15) is 0 Å². The third-order valence-electron chi connectivity index (χ3n) is 7.64. The molecule has 2 amide bonds. The smallest absolute Gasteiger partial charge is 0.233 e. The summed E-state index contributed by atoms with van der Waals surface area (Å²) < 4.78 is 0. The second-order valence-corrected chi connectivity index (χ2v) is 9.38. The number of guanidine groups is 1. The zero-order valence-electron chi connectivity index (χ0n) is 19.2. The number of amides is 2. The molecule has 2 aliphatic carbocycles. The van der Waals surface area contributed by atoms with E-state index in [-0.39, 0.29) is 59.5 Å². The van der Waals surface area contributed by atoms with Crippen molar-refractivity contribution in [2.24, 2.45) is 28.7 Å². The Kier molecular flexibility index (Phi) is 7.73. The van der Waals surface area contributed by atoms with Gasteiger partial charge in [0.1, 0.15) is 0 Å². The van der Waals surface area contributed by atoms with E-state index < -0.39 is 0 Å². The number of fused-ring (bicyclic) bond motifs is 5. The largest absolute Gasteiger partial charge is 0.355 e. The molecule has 1 aromatic rings. The van der Waals surface area contributed by atoms with Crippen LogP contribution in [0.1, 0.15) is 30.9 Å². The van der Waals surface area contributed by atoms with Crippen LogP contribution in [0.5, 0.6) is 0 Å². The van der Waals surface area contributed by atoms with Gasteiger partial charge in [0, 0.05) is 26.7 Å². The minimum atomic E-state index is -0.123. The van der Waals surface area contributed by atoms with E-state index in [4.69, 9.17) is 0 Å². The molecule has 5 unspecified atom stereocenters. The number of rotatable bonds is 7. The lowest BCUT2D eigenvalue weighted by atomic mass is 9.85. The van der Waals surface area contributed by atoms with Crippen LogP contribution in [0.2, 0.25) is 0 Å². The highest BCUT2D eigenvalue weighted by Crippen LogP contribution is 2.52. The molecule has 2 heterocycles. The first kappa shape index (κ1) is 24.2. The van der Waals surface area contributed by atoms with Gasteiger partial charge in [0.15, 0.2) is 5.96 Å². The number of carbonyl (C=O) groups is 2. The van der Waals surface area contributed by atoms with E-state index in [2.05, 4.69) is 63.0 Å². The lowest BCUT2D eigenvalue weighted by Gasteiger charge is -2.29. The average molecular weight is 563 g/mol. The summed E-state index contributed by atoms with van der Waals surface area (Å²) in [6.45, 7) is 3.87. The molecule has 8 heteroatoms. The number of halogens is 1. The number of hydrogen-bond donors (Lipinski definition) is 2. The quantitative estimate of drug-likeness (QED) is 0.175. The minimum Gasteiger partial charge on any atom is -0.355 e. The first-order chi connectivity index (χ1) is 15.7. The first-order valence-corrected chi connectivity index (χ1v) is 11.9. The first-order valence-electron chi connectivity index (χ1n) is 11.9. The molecule has 2 bridgehead atoms. The summed E-state index contributed by atoms with van der Waals surface area (Å²) >= 11 is 0. The van der Waals surface area contributed by atoms with Crippen LogP contribution in [0.3, 0.4) is 0 Å². The number of carbonyl (C=O) groups excluding carboxylic acids is 2. The Morgan fingerprint density at radius 2 is 1.67 bits per heavy atom. The SMILES string of the molecule is CN=C(NCCN1C(=O)C2C3C=CC(C3)C2C1=O)NCC(c1ccccc1)N1CCCC1.I. The molecule has 0 spiro atoms. The van der Waals surface area contributed by atoms with Gasteiger partial charge in [-0.3, -0.25) is 24.4 Å². The van der Waals surface area contributed by atoms with Crippen molar-refractivity contribution in [3.63, 3.8) is 0 Å². The van der Waals surface area contributed by atoms with E-state index >= 15 is 0 Å². The Bertz CT molecular complexity index is 885. The highest BCUT2D eigenvalue weighted by molar-refractivity contribution is 14.0. The predicted octanol–water partition coefficient (Wildman–Crippen LogP) is 2.41. The van der Waals surface area contributed by atoms with Crippen molar-refractivity contribution in [2.45, 2.75) is 25.3 Å². The van der Waals surface area contributed by atoms with Gasteiger partial charge in [-0.05, 0) is 49.8 Å². The number of imide groups is 1. The molecule has 33 heavy (non-hydrogen) atoms. The lowest BCUT2D eigenvalue weighted by Crippen LogP contribution is -2.46. The molecule has 3 fully saturated rings. The minimum absolute atomic E-state index is 0. The number of allylic oxidation sites excluding steroid dienone is 2. The summed E-state index contributed by atoms with van der Waals surface area (Å²) in [4.78, 5) is 34.0. The molecule has 5 atom stereocenters. The van der Waals surface area contributed by atoms with Crippen LogP contribution in [-0.4, -0.2) is 67.3 Å². The van der Waals surface area contributed by atoms with Gasteiger partial charge < -0.3 is 10.6 Å². The Hall–Kier alpha value is -1.94. The van der Waals surface area contributed by atoms with Gasteiger partial charge >= 0.3 is 0 Å². The number of aliphatic imine (C=N–C) groups is 1. The molecule has 1 saturated carbocycles. The van der Waals surface area contributed by atoms with Gasteiger partial charge in [-0.1, -0.05) is 42.5 Å². The normalized spacial score (nSPS) is 29.4. The molecule has 2 aliphatic heterocycles. The zero-order valence-corrected chi connectivity index (χ0v) is 21.5. The summed E-state index contributed by atoms with van der Waals surface area (Å²) in [6, 6.07) is 10.9. The van der Waals surface area contributed by atoms with Crippen molar-refractivity contribution in [3.05, 3.63) is 48.0 Å². The van der Waals surface area contributed by atoms with Crippen molar-refractivity contribution >= 4 is 41.8 Å². The number of nitrogens with one attached hydrogen (secondary N) is 2. The van der Waals surface area contributed by atoms with E-state index in [1.807, 2.05) is 0 Å². The molecule has 5 rings (SSSR count). The van der Waals surface area contributed by atoms with Crippen molar-refractivity contribution in [1.82, 2.24) is 20.4 Å². The second-order valence-electron chi connectivity index (χ2n) is 9.38. The van der Waals surface area contributed by atoms with E-state index in [0.29, 0.717) is 25.1 Å². The maximum Gasteiger partial charge on any atom is 0.233 e. The molecular weight excluding hydrogens is 529 g/mol. The maximum absolute atomic E-state index is 12.8. The molecule has 4 aliphatic rings. The number of hydrogen-bond acceptors (Lipinski definition) is 4. The highest BCUT2D eigenvalue weighted by atomic mass is 127. The van der Waals surface area contributed by atoms with Crippen molar-refractivity contribution in [3.8, 4) is 0 Å². The van der Waals surface area contributed by atoms with Gasteiger partial charge in [0.05, 0.1) is 17.9 Å². The molecule has 0 aromatic heterocycles. The van der Waals surface area contributed by atoms with Crippen LogP contribution in [0.4, 0.5) is 0 Å². The van der Waals surface area contributed by atoms with Gasteiger partial charge in [0.25, 0.3) is 0 Å². The summed E-state index contributed by atoms with van der Waals surface area (Å²) in [5.41, 5.74) is 1.31. The fourth-order valence-corrected chi connectivity index (χ4v) is 6.07. The topological polar surface area (TPSA) is 77.0 Å². The highest BCUT2D eigenvalue weighted by Gasteiger charge is 2.58. The molecular formula is C25H34IN5O2. The monoisotopic (exact) mass is 563 g/mol. The Morgan fingerprint density at radius 1 is 1.03 bits per heavy atom. The number of benzene rings is 1. The molecule has 2 N–H and O–H groups in total. The fraction of sp³-hybridized carbons (Fsp3) is 0.560. The van der Waals surface area contributed by atoms with Crippen LogP contribution in [0.25, 0.3) is 0 Å². The summed E-state index contributed by atoms with van der Waals surface area (Å²) in [7, 11) is 1.75. The number of likely N-dealkylation sites (tertiary alicyclic amines) is 2. The van der Waals surface area contributed by atoms with Gasteiger partial charge in [-0.15, -0.1) is 24.0 Å². The Balaban J connectivity index is 0.00000259. The Labute approximate surface area is 213 Å². The average Bonchev–Trinajstić information content (AvgIpc) is 3.61. The van der Waals surface area contributed by atoms with Crippen molar-refractivity contribution < 1.29 is 9.59 Å². The van der Waals surface area contributed by atoms with E-state index in [9.17, 15) is 9.59 Å². The fourth-order valence-electron chi connectivity index (χ4n) is 6.07. The third kappa shape index (κ3) is 4.69. The molecule has 2 saturated heterocycles. The van der Waals surface area contributed by atoms with Crippen LogP contribution in [0.15, 0.2) is 47.5 Å². The molecule has 0 radical (unpaired) electrons. The van der Waals surface area contributed by atoms with Crippen molar-refractivity contribution in [2.75, 3.05) is 39.8 Å². The lowest BCUT2D eigenvalue weighted by molar-refractivity contribution is -0.140. The standard InChI is InChI=1S/C25H33N5O2.HI/c1-26-25(28-16-20(29-12-5-6-13-29)17-7-3-2-4-8-17)27-11-14-30-23(31)21-18-9-10-19(15-18)22(21)24(30)32;/h2-4,7-10,18-22H,5-6,11-16H2,1H3,(H2,26,27,28);1H. The summed E-state index contributed by atoms with van der Waals surface area (Å²) in [6.07, 6.45) is 7.72. The van der Waals surface area contributed by atoms with Crippen molar-refractivity contribution in [1.29, 1.82) is 0 Å². The Morgan fingerprint density at radius 3 is 2.27 bits per heavy atom. The van der Waals surface area contributed by atoms with Crippen LogP contribution in [-0.2, 0) is 9.59 Å². The van der Waals surface area contributed by atoms with Crippen LogP contribution >= 0.6 is 24.0 Å². The molecule has 1 aromatic carbocycles. The molecule has 7 nitrogen and oxygen atoms in total. The van der Waals surface area contributed by atoms with E-state index in [1.165, 1.54) is 23.3 Å². The van der Waals surface area contributed by atoms with Gasteiger partial charge in [0.2, 0.25) is 11.8 Å². The number of nitrogens with zero attached hydrogens (tertiary/aromatic N) is 3. The van der Waals surface area contributed by atoms with E-state index in [1.54, 1.807) is 7.05 Å². The summed E-state index contributed by atoms with van der Waals surface area (Å²) in [5, 5.41) is 6.75. The van der Waals surface area contributed by atoms with Crippen LogP contribution in [0, 0.1) is 23.7 Å². The second kappa shape index (κ2) is 10.5. The molecule has 178 valence electrons. The summed E-state index contributed by atoms with van der Waals surface area (Å²) in [5.74, 6) is 0.999. The maximum atomic E-state index is 12.8. The van der Waals surface area contributed by atoms with Crippen LogP contribution < -0.4 is 10.6 Å².